The van der Waals surface area contributed by atoms with E-state index in [1.165, 1.54) is 0 Å². The molecule has 0 spiro atoms. The summed E-state index contributed by atoms with van der Waals surface area (Å²) in [5, 5.41) is 8.59. The third-order valence-corrected chi connectivity index (χ3v) is 2.58. The summed E-state index contributed by atoms with van der Waals surface area (Å²) in [6.07, 6.45) is 3.74. The van der Waals surface area contributed by atoms with Crippen LogP contribution in [0.1, 0.15) is 5.69 Å². The number of halogens is 1. The second-order valence-electron chi connectivity index (χ2n) is 2.93. The molecule has 0 aliphatic carbocycles. The van der Waals surface area contributed by atoms with Crippen LogP contribution in [0.2, 0.25) is 0 Å². The Kier molecular flexibility index (Phi) is 2.79. The van der Waals surface area contributed by atoms with E-state index in [1.807, 2.05) is 12.1 Å². The Bertz CT molecular complexity index is 498. The van der Waals surface area contributed by atoms with Gasteiger partial charge in [-0.1, -0.05) is 0 Å². The lowest BCUT2D eigenvalue weighted by molar-refractivity contribution is 1.14. The largest absolute Gasteiger partial charge is 0.340 e. The minimum atomic E-state index is 0.313. The first-order valence-corrected chi connectivity index (χ1v) is 5.12. The van der Waals surface area contributed by atoms with Crippen LogP contribution >= 0.6 is 15.9 Å². The van der Waals surface area contributed by atoms with Gasteiger partial charge in [-0.25, -0.2) is 4.98 Å². The minimum absolute atomic E-state index is 0.313. The second kappa shape index (κ2) is 4.24. The minimum Gasteiger partial charge on any atom is -0.340 e. The van der Waals surface area contributed by atoms with E-state index in [9.17, 15) is 0 Å². The van der Waals surface area contributed by atoms with Gasteiger partial charge in [0.25, 0.3) is 0 Å². The van der Waals surface area contributed by atoms with Gasteiger partial charge < -0.3 is 4.98 Å². The number of imidazole rings is 1. The summed E-state index contributed by atoms with van der Waals surface area (Å²) in [6.45, 7) is 0. The average molecular weight is 263 g/mol. The summed E-state index contributed by atoms with van der Waals surface area (Å²) < 4.78 is 0.683. The van der Waals surface area contributed by atoms with Crippen molar-refractivity contribution in [1.29, 1.82) is 5.26 Å². The molecule has 0 aliphatic rings. The van der Waals surface area contributed by atoms with Crippen molar-refractivity contribution in [3.05, 3.63) is 34.8 Å². The number of aromatic amines is 1. The van der Waals surface area contributed by atoms with Crippen molar-refractivity contribution in [2.75, 3.05) is 0 Å². The summed E-state index contributed by atoms with van der Waals surface area (Å²) in [6, 6.07) is 5.83. The van der Waals surface area contributed by atoms with Gasteiger partial charge in [0.1, 0.15) is 10.4 Å². The van der Waals surface area contributed by atoms with E-state index in [4.69, 9.17) is 5.26 Å². The van der Waals surface area contributed by atoms with E-state index < -0.39 is 0 Å². The monoisotopic (exact) mass is 262 g/mol. The van der Waals surface area contributed by atoms with Gasteiger partial charge in [0.05, 0.1) is 18.2 Å². The number of pyridine rings is 1. The highest BCUT2D eigenvalue weighted by Crippen LogP contribution is 2.20. The molecule has 0 atom stereocenters. The number of nitrogens with zero attached hydrogens (tertiary/aromatic N) is 3. The first kappa shape index (κ1) is 9.87. The Balaban J connectivity index is 2.40. The number of rotatable bonds is 2. The van der Waals surface area contributed by atoms with Gasteiger partial charge in [-0.15, -0.1) is 0 Å². The van der Waals surface area contributed by atoms with Crippen molar-refractivity contribution in [2.45, 2.75) is 6.42 Å². The Morgan fingerprint density at radius 2 is 2.40 bits per heavy atom. The van der Waals surface area contributed by atoms with Gasteiger partial charge in [-0.2, -0.15) is 5.26 Å². The van der Waals surface area contributed by atoms with Gasteiger partial charge in [0, 0.05) is 18.0 Å². The summed E-state index contributed by atoms with van der Waals surface area (Å²) in [5.74, 6) is 0.722. The molecule has 2 heterocycles. The van der Waals surface area contributed by atoms with Gasteiger partial charge in [0.2, 0.25) is 0 Å². The molecule has 0 saturated heterocycles. The van der Waals surface area contributed by atoms with Crippen LogP contribution in [0, 0.1) is 11.3 Å². The van der Waals surface area contributed by atoms with Crippen molar-refractivity contribution in [3.8, 4) is 17.5 Å². The van der Waals surface area contributed by atoms with Gasteiger partial charge >= 0.3 is 0 Å². The molecule has 1 N–H and O–H groups in total. The molecule has 0 aliphatic heterocycles. The normalized spacial score (nSPS) is 9.87. The van der Waals surface area contributed by atoms with Crippen molar-refractivity contribution in [3.63, 3.8) is 0 Å². The first-order chi connectivity index (χ1) is 7.31. The van der Waals surface area contributed by atoms with E-state index in [1.54, 1.807) is 12.4 Å². The van der Waals surface area contributed by atoms with E-state index in [2.05, 4.69) is 37.0 Å². The van der Waals surface area contributed by atoms with Gasteiger partial charge in [0.15, 0.2) is 0 Å². The molecular formula is C10H7BrN4. The fraction of sp³-hybridized carbons (Fsp3) is 0.100. The topological polar surface area (TPSA) is 65.4 Å². The van der Waals surface area contributed by atoms with E-state index in [-0.39, 0.29) is 0 Å². The molecule has 2 aromatic rings. The lowest BCUT2D eigenvalue weighted by Crippen LogP contribution is -1.83. The highest BCUT2D eigenvalue weighted by Gasteiger charge is 2.08. The van der Waals surface area contributed by atoms with Crippen LogP contribution in [0.3, 0.4) is 0 Å². The summed E-state index contributed by atoms with van der Waals surface area (Å²) in [7, 11) is 0. The van der Waals surface area contributed by atoms with E-state index in [0.717, 1.165) is 17.1 Å². The molecule has 74 valence electrons. The number of hydrogen-bond acceptors (Lipinski definition) is 3. The maximum absolute atomic E-state index is 8.59. The molecule has 15 heavy (non-hydrogen) atoms. The summed E-state index contributed by atoms with van der Waals surface area (Å²) in [4.78, 5) is 11.4. The zero-order valence-electron chi connectivity index (χ0n) is 7.74. The molecule has 0 unspecified atom stereocenters. The molecule has 0 fully saturated rings. The van der Waals surface area contributed by atoms with Crippen LogP contribution in [-0.4, -0.2) is 15.0 Å². The van der Waals surface area contributed by atoms with E-state index in [0.29, 0.717) is 11.0 Å². The van der Waals surface area contributed by atoms with Crippen molar-refractivity contribution >= 4 is 15.9 Å². The lowest BCUT2D eigenvalue weighted by Gasteiger charge is -1.93. The van der Waals surface area contributed by atoms with Crippen LogP contribution in [0.25, 0.3) is 11.4 Å². The quantitative estimate of drug-likeness (QED) is 0.904. The van der Waals surface area contributed by atoms with Crippen molar-refractivity contribution in [2.24, 2.45) is 0 Å². The highest BCUT2D eigenvalue weighted by molar-refractivity contribution is 9.10. The predicted molar refractivity (Wildman–Crippen MR) is 58.8 cm³/mol. The molecule has 2 rings (SSSR count). The van der Waals surface area contributed by atoms with Crippen LogP contribution in [0.15, 0.2) is 29.1 Å². The molecule has 2 aromatic heterocycles. The number of nitriles is 1. The fourth-order valence-corrected chi connectivity index (χ4v) is 1.64. The molecule has 0 radical (unpaired) electrons. The van der Waals surface area contributed by atoms with Crippen LogP contribution in [-0.2, 0) is 6.42 Å². The first-order valence-electron chi connectivity index (χ1n) is 4.33. The Hall–Kier alpha value is -1.67. The fourth-order valence-electron chi connectivity index (χ4n) is 1.22. The summed E-state index contributed by atoms with van der Waals surface area (Å²) >= 11 is 3.30. The molecule has 0 bridgehead atoms. The number of aromatic nitrogens is 3. The van der Waals surface area contributed by atoms with Crippen LogP contribution < -0.4 is 0 Å². The third kappa shape index (κ3) is 2.05. The molecule has 0 amide bonds. The Labute approximate surface area is 95.1 Å². The standard InChI is InChI=1S/C10H7BrN4/c11-9-8(3-4-12)14-10(15-9)7-2-1-5-13-6-7/h1-2,5-6H,3H2,(H,14,15). The molecule has 4 nitrogen and oxygen atoms in total. The Morgan fingerprint density at radius 1 is 1.53 bits per heavy atom. The van der Waals surface area contributed by atoms with Crippen molar-refractivity contribution < 1.29 is 0 Å². The molecule has 0 aromatic carbocycles. The molecule has 5 heteroatoms. The van der Waals surface area contributed by atoms with Crippen LogP contribution in [0.4, 0.5) is 0 Å². The second-order valence-corrected chi connectivity index (χ2v) is 3.68. The zero-order chi connectivity index (χ0) is 10.7. The maximum Gasteiger partial charge on any atom is 0.140 e. The van der Waals surface area contributed by atoms with Crippen LogP contribution in [0.5, 0.6) is 0 Å². The summed E-state index contributed by atoms with van der Waals surface area (Å²) in [5.41, 5.74) is 1.69. The molecular weight excluding hydrogens is 256 g/mol. The van der Waals surface area contributed by atoms with Crippen molar-refractivity contribution in [1.82, 2.24) is 15.0 Å². The maximum atomic E-state index is 8.59. The van der Waals surface area contributed by atoms with Gasteiger partial charge in [-0.05, 0) is 28.1 Å². The number of nitrogens with one attached hydrogen (secondary N) is 1. The number of hydrogen-bond donors (Lipinski definition) is 1. The Morgan fingerprint density at radius 3 is 3.07 bits per heavy atom. The SMILES string of the molecule is N#CCc1[nH]c(-c2cccnc2)nc1Br. The lowest BCUT2D eigenvalue weighted by atomic mass is 10.3. The predicted octanol–water partition coefficient (Wildman–Crippen LogP) is 2.30. The average Bonchev–Trinajstić information content (AvgIpc) is 2.63. The molecule has 0 saturated carbocycles. The van der Waals surface area contributed by atoms with Gasteiger partial charge in [-0.3, -0.25) is 4.98 Å². The third-order valence-electron chi connectivity index (χ3n) is 1.92. The highest BCUT2D eigenvalue weighted by atomic mass is 79.9. The van der Waals surface area contributed by atoms with E-state index >= 15 is 0 Å². The number of H-pyrrole nitrogens is 1. The smallest absolute Gasteiger partial charge is 0.140 e. The zero-order valence-corrected chi connectivity index (χ0v) is 9.32.